The lowest BCUT2D eigenvalue weighted by Gasteiger charge is -2.22. The molecule has 2 heteroatoms. The summed E-state index contributed by atoms with van der Waals surface area (Å²) in [6.45, 7) is 8.11. The van der Waals surface area contributed by atoms with Gasteiger partial charge in [0.25, 0.3) is 0 Å². The van der Waals surface area contributed by atoms with Crippen molar-refractivity contribution < 1.29 is 5.11 Å². The molecule has 0 heterocycles. The second kappa shape index (κ2) is 3.62. The van der Waals surface area contributed by atoms with E-state index in [2.05, 4.69) is 20.8 Å². The second-order valence-electron chi connectivity index (χ2n) is 4.78. The van der Waals surface area contributed by atoms with E-state index in [-0.39, 0.29) is 11.5 Å². The molecule has 1 rings (SSSR count). The maximum Gasteiger partial charge on any atom is 0.124 e. The van der Waals surface area contributed by atoms with E-state index in [0.29, 0.717) is 5.75 Å². The van der Waals surface area contributed by atoms with Gasteiger partial charge in [-0.25, -0.2) is 0 Å². The van der Waals surface area contributed by atoms with E-state index in [9.17, 15) is 5.11 Å². The fourth-order valence-corrected chi connectivity index (χ4v) is 1.53. The Morgan fingerprint density at radius 3 is 2.29 bits per heavy atom. The zero-order valence-corrected chi connectivity index (χ0v) is 9.33. The first kappa shape index (κ1) is 11.1. The molecule has 1 atom stereocenters. The van der Waals surface area contributed by atoms with Crippen LogP contribution in [-0.2, 0) is 5.41 Å². The maximum atomic E-state index is 10.0. The topological polar surface area (TPSA) is 46.2 Å². The average molecular weight is 193 g/mol. The minimum absolute atomic E-state index is 0.0466. The standard InChI is InChI=1S/C12H19NO/c1-8(13)9-6-5-7-10(11(9)14)12(2,3)4/h5-8,14H,13H2,1-4H3. The average Bonchev–Trinajstić information content (AvgIpc) is 2.01. The summed E-state index contributed by atoms with van der Waals surface area (Å²) in [5, 5.41) is 10.0. The molecule has 0 amide bonds. The van der Waals surface area contributed by atoms with Gasteiger partial charge in [-0.15, -0.1) is 0 Å². The van der Waals surface area contributed by atoms with Crippen molar-refractivity contribution in [3.8, 4) is 5.75 Å². The van der Waals surface area contributed by atoms with Crippen molar-refractivity contribution in [2.24, 2.45) is 5.73 Å². The Kier molecular flexibility index (Phi) is 2.86. The van der Waals surface area contributed by atoms with Crippen molar-refractivity contribution in [3.05, 3.63) is 29.3 Å². The van der Waals surface area contributed by atoms with Gasteiger partial charge in [0.05, 0.1) is 0 Å². The van der Waals surface area contributed by atoms with Crippen molar-refractivity contribution in [3.63, 3.8) is 0 Å². The van der Waals surface area contributed by atoms with E-state index < -0.39 is 0 Å². The van der Waals surface area contributed by atoms with Crippen molar-refractivity contribution in [1.29, 1.82) is 0 Å². The van der Waals surface area contributed by atoms with Gasteiger partial charge in [-0.2, -0.15) is 0 Å². The van der Waals surface area contributed by atoms with Gasteiger partial charge in [0.1, 0.15) is 5.75 Å². The van der Waals surface area contributed by atoms with Crippen LogP contribution in [0.3, 0.4) is 0 Å². The lowest BCUT2D eigenvalue weighted by Crippen LogP contribution is -2.14. The van der Waals surface area contributed by atoms with E-state index in [0.717, 1.165) is 11.1 Å². The van der Waals surface area contributed by atoms with Gasteiger partial charge in [0.15, 0.2) is 0 Å². The number of para-hydroxylation sites is 1. The smallest absolute Gasteiger partial charge is 0.124 e. The van der Waals surface area contributed by atoms with E-state index in [1.807, 2.05) is 25.1 Å². The number of rotatable bonds is 1. The SMILES string of the molecule is CC(N)c1cccc(C(C)(C)C)c1O. The lowest BCUT2D eigenvalue weighted by atomic mass is 9.84. The molecule has 1 aromatic carbocycles. The Hall–Kier alpha value is -1.02. The van der Waals surface area contributed by atoms with Crippen molar-refractivity contribution >= 4 is 0 Å². The fourth-order valence-electron chi connectivity index (χ4n) is 1.53. The predicted octanol–water partition coefficient (Wildman–Crippen LogP) is 2.71. The number of hydrogen-bond acceptors (Lipinski definition) is 2. The highest BCUT2D eigenvalue weighted by atomic mass is 16.3. The molecule has 0 aromatic heterocycles. The number of aromatic hydroxyl groups is 1. The van der Waals surface area contributed by atoms with Crippen LogP contribution in [0.25, 0.3) is 0 Å². The fraction of sp³-hybridized carbons (Fsp3) is 0.500. The molecule has 0 fully saturated rings. The molecule has 78 valence electrons. The first-order valence-electron chi connectivity index (χ1n) is 4.92. The first-order valence-corrected chi connectivity index (χ1v) is 4.92. The Bertz CT molecular complexity index is 324. The van der Waals surface area contributed by atoms with Gasteiger partial charge in [0, 0.05) is 11.6 Å². The molecular formula is C12H19NO. The van der Waals surface area contributed by atoms with Crippen LogP contribution in [0.2, 0.25) is 0 Å². The number of benzene rings is 1. The summed E-state index contributed by atoms with van der Waals surface area (Å²) < 4.78 is 0. The summed E-state index contributed by atoms with van der Waals surface area (Å²) in [5.41, 5.74) is 7.49. The second-order valence-corrected chi connectivity index (χ2v) is 4.78. The molecule has 0 aliphatic carbocycles. The van der Waals surface area contributed by atoms with Gasteiger partial charge in [-0.1, -0.05) is 39.0 Å². The largest absolute Gasteiger partial charge is 0.507 e. The number of nitrogens with two attached hydrogens (primary N) is 1. The molecule has 0 radical (unpaired) electrons. The number of phenols is 1. The highest BCUT2D eigenvalue weighted by Crippen LogP contribution is 2.34. The summed E-state index contributed by atoms with van der Waals surface area (Å²) in [7, 11) is 0. The minimum atomic E-state index is -0.128. The van der Waals surface area contributed by atoms with Crippen LogP contribution < -0.4 is 5.73 Å². The summed E-state index contributed by atoms with van der Waals surface area (Å²) in [4.78, 5) is 0. The molecule has 0 saturated carbocycles. The third kappa shape index (κ3) is 2.07. The van der Waals surface area contributed by atoms with Gasteiger partial charge >= 0.3 is 0 Å². The van der Waals surface area contributed by atoms with E-state index >= 15 is 0 Å². The molecule has 2 nitrogen and oxygen atoms in total. The molecule has 1 unspecified atom stereocenters. The Balaban J connectivity index is 3.28. The van der Waals surface area contributed by atoms with Crippen LogP contribution in [0.1, 0.15) is 44.9 Å². The summed E-state index contributed by atoms with van der Waals surface area (Å²) >= 11 is 0. The summed E-state index contributed by atoms with van der Waals surface area (Å²) in [6.07, 6.45) is 0. The van der Waals surface area contributed by atoms with E-state index in [1.165, 1.54) is 0 Å². The first-order chi connectivity index (χ1) is 6.34. The van der Waals surface area contributed by atoms with Crippen LogP contribution >= 0.6 is 0 Å². The van der Waals surface area contributed by atoms with Gasteiger partial charge in [-0.3, -0.25) is 0 Å². The van der Waals surface area contributed by atoms with Crippen molar-refractivity contribution in [2.45, 2.75) is 39.2 Å². The van der Waals surface area contributed by atoms with Crippen LogP contribution in [0.5, 0.6) is 5.75 Å². The Morgan fingerprint density at radius 2 is 1.86 bits per heavy atom. The Morgan fingerprint density at radius 1 is 1.29 bits per heavy atom. The van der Waals surface area contributed by atoms with Gasteiger partial charge in [-0.05, 0) is 17.9 Å². The lowest BCUT2D eigenvalue weighted by molar-refractivity contribution is 0.436. The minimum Gasteiger partial charge on any atom is -0.507 e. The summed E-state index contributed by atoms with van der Waals surface area (Å²) in [5.74, 6) is 0.343. The molecule has 0 aliphatic rings. The van der Waals surface area contributed by atoms with Crippen molar-refractivity contribution in [1.82, 2.24) is 0 Å². The number of phenolic OH excluding ortho intramolecular Hbond substituents is 1. The molecule has 3 N–H and O–H groups in total. The predicted molar refractivity (Wildman–Crippen MR) is 59.4 cm³/mol. The van der Waals surface area contributed by atoms with Crippen molar-refractivity contribution in [2.75, 3.05) is 0 Å². The summed E-state index contributed by atoms with van der Waals surface area (Å²) in [6, 6.07) is 5.63. The van der Waals surface area contributed by atoms with E-state index in [1.54, 1.807) is 0 Å². The van der Waals surface area contributed by atoms with Gasteiger partial charge in [0.2, 0.25) is 0 Å². The van der Waals surface area contributed by atoms with Crippen LogP contribution in [0.4, 0.5) is 0 Å². The molecule has 0 spiro atoms. The number of hydrogen-bond donors (Lipinski definition) is 2. The third-order valence-corrected chi connectivity index (χ3v) is 2.37. The van der Waals surface area contributed by atoms with E-state index in [4.69, 9.17) is 5.73 Å². The monoisotopic (exact) mass is 193 g/mol. The highest BCUT2D eigenvalue weighted by molar-refractivity contribution is 5.45. The zero-order valence-electron chi connectivity index (χ0n) is 9.33. The third-order valence-electron chi connectivity index (χ3n) is 2.37. The quantitative estimate of drug-likeness (QED) is 0.720. The maximum absolute atomic E-state index is 10.0. The van der Waals surface area contributed by atoms with Crippen LogP contribution in [0, 0.1) is 0 Å². The molecule has 0 aliphatic heterocycles. The molecule has 0 bridgehead atoms. The zero-order chi connectivity index (χ0) is 10.9. The molecular weight excluding hydrogens is 174 g/mol. The van der Waals surface area contributed by atoms with Crippen LogP contribution in [-0.4, -0.2) is 5.11 Å². The molecule has 0 saturated heterocycles. The van der Waals surface area contributed by atoms with Crippen LogP contribution in [0.15, 0.2) is 18.2 Å². The van der Waals surface area contributed by atoms with Gasteiger partial charge < -0.3 is 10.8 Å². The molecule has 1 aromatic rings. The normalized spacial score (nSPS) is 14.1. The molecule has 14 heavy (non-hydrogen) atoms. The highest BCUT2D eigenvalue weighted by Gasteiger charge is 2.20. The Labute approximate surface area is 85.8 Å².